The lowest BCUT2D eigenvalue weighted by molar-refractivity contribution is 0.240. The molecule has 4 aromatic rings. The Labute approximate surface area is 191 Å². The minimum atomic E-state index is -0.462. The topological polar surface area (TPSA) is 96.3 Å². The van der Waals surface area contributed by atoms with Crippen LogP contribution >= 0.6 is 0 Å². The lowest BCUT2D eigenvalue weighted by atomic mass is 10.1. The van der Waals surface area contributed by atoms with Crippen molar-refractivity contribution in [3.05, 3.63) is 106 Å². The highest BCUT2D eigenvalue weighted by molar-refractivity contribution is 5.79. The highest BCUT2D eigenvalue weighted by atomic mass is 16.4. The Morgan fingerprint density at radius 2 is 1.45 bits per heavy atom. The third-order valence-corrected chi connectivity index (χ3v) is 5.22. The van der Waals surface area contributed by atoms with Gasteiger partial charge in [0.1, 0.15) is 0 Å². The van der Waals surface area contributed by atoms with Crippen LogP contribution in [0.2, 0.25) is 0 Å². The summed E-state index contributed by atoms with van der Waals surface area (Å²) in [6.45, 7) is 1.44. The monoisotopic (exact) mass is 442 g/mol. The zero-order valence-electron chi connectivity index (χ0n) is 18.2. The molecule has 7 nitrogen and oxygen atoms in total. The molecule has 0 spiro atoms. The lowest BCUT2D eigenvalue weighted by Gasteiger charge is -2.09. The highest BCUT2D eigenvalue weighted by Gasteiger charge is 2.08. The van der Waals surface area contributed by atoms with Gasteiger partial charge in [-0.3, -0.25) is 0 Å². The fraction of sp³-hybridized carbons (Fsp3) is 0.192. The van der Waals surface area contributed by atoms with E-state index in [9.17, 15) is 9.59 Å². The summed E-state index contributed by atoms with van der Waals surface area (Å²) < 4.78 is 5.33. The Morgan fingerprint density at radius 1 is 0.788 bits per heavy atom. The predicted octanol–water partition coefficient (Wildman–Crippen LogP) is 3.88. The molecule has 0 fully saturated rings. The number of urea groups is 1. The number of benzene rings is 3. The van der Waals surface area contributed by atoms with Gasteiger partial charge in [-0.15, -0.1) is 0 Å². The molecule has 0 aliphatic heterocycles. The molecule has 3 aromatic carbocycles. The van der Waals surface area contributed by atoms with E-state index in [0.717, 1.165) is 18.4 Å². The van der Waals surface area contributed by atoms with Crippen molar-refractivity contribution in [2.45, 2.75) is 19.4 Å². The van der Waals surface area contributed by atoms with Crippen molar-refractivity contribution in [3.63, 3.8) is 0 Å². The van der Waals surface area contributed by atoms with Crippen LogP contribution in [-0.4, -0.2) is 24.1 Å². The smallest absolute Gasteiger partial charge is 0.348 e. The molecule has 0 saturated carbocycles. The van der Waals surface area contributed by atoms with Gasteiger partial charge in [-0.1, -0.05) is 66.7 Å². The van der Waals surface area contributed by atoms with Gasteiger partial charge in [0.2, 0.25) is 0 Å². The number of hydrogen-bond donors (Lipinski definition) is 3. The van der Waals surface area contributed by atoms with Crippen LogP contribution in [0.1, 0.15) is 16.7 Å². The summed E-state index contributed by atoms with van der Waals surface area (Å²) in [7, 11) is 0. The van der Waals surface area contributed by atoms with Gasteiger partial charge in [0.25, 0.3) is 6.01 Å². The van der Waals surface area contributed by atoms with Crippen molar-refractivity contribution in [1.82, 2.24) is 15.6 Å². The second-order valence-electron chi connectivity index (χ2n) is 7.67. The van der Waals surface area contributed by atoms with E-state index >= 15 is 0 Å². The van der Waals surface area contributed by atoms with E-state index in [2.05, 4.69) is 20.9 Å². The average molecular weight is 443 g/mol. The first-order valence-electron chi connectivity index (χ1n) is 10.9. The normalized spacial score (nSPS) is 10.7. The maximum absolute atomic E-state index is 12.5. The molecule has 2 amide bonds. The van der Waals surface area contributed by atoms with Gasteiger partial charge in [0, 0.05) is 19.6 Å². The predicted molar refractivity (Wildman–Crippen MR) is 129 cm³/mol. The van der Waals surface area contributed by atoms with Crippen molar-refractivity contribution >= 4 is 22.9 Å². The minimum absolute atomic E-state index is 0.201. The van der Waals surface area contributed by atoms with E-state index < -0.39 is 5.63 Å². The van der Waals surface area contributed by atoms with Crippen molar-refractivity contribution in [2.24, 2.45) is 0 Å². The van der Waals surface area contributed by atoms with Crippen LogP contribution in [0.3, 0.4) is 0 Å². The molecule has 3 N–H and O–H groups in total. The van der Waals surface area contributed by atoms with E-state index in [0.29, 0.717) is 30.5 Å². The minimum Gasteiger partial charge on any atom is -0.389 e. The van der Waals surface area contributed by atoms with Gasteiger partial charge in [-0.2, -0.15) is 4.98 Å². The zero-order valence-corrected chi connectivity index (χ0v) is 18.2. The number of amides is 2. The van der Waals surface area contributed by atoms with Crippen molar-refractivity contribution in [2.75, 3.05) is 18.4 Å². The molecule has 7 heteroatoms. The number of rotatable bonds is 9. The number of fused-ring (bicyclic) bond motifs is 1. The maximum Gasteiger partial charge on any atom is 0.348 e. The number of carbonyl (C=O) groups excluding carboxylic acids is 1. The third-order valence-electron chi connectivity index (χ3n) is 5.22. The summed E-state index contributed by atoms with van der Waals surface area (Å²) in [5, 5.41) is 9.10. The Kier molecular flexibility index (Phi) is 7.33. The van der Waals surface area contributed by atoms with Crippen molar-refractivity contribution in [1.29, 1.82) is 0 Å². The van der Waals surface area contributed by atoms with Gasteiger partial charge in [-0.25, -0.2) is 9.59 Å². The maximum atomic E-state index is 12.5. The first-order valence-corrected chi connectivity index (χ1v) is 10.9. The van der Waals surface area contributed by atoms with Crippen molar-refractivity contribution < 1.29 is 9.21 Å². The van der Waals surface area contributed by atoms with Gasteiger partial charge in [-0.05, 0) is 41.7 Å². The molecule has 1 heterocycles. The third kappa shape index (κ3) is 6.43. The van der Waals surface area contributed by atoms with E-state index in [1.54, 1.807) is 12.1 Å². The van der Waals surface area contributed by atoms with Crippen LogP contribution in [0.5, 0.6) is 0 Å². The summed E-state index contributed by atoms with van der Waals surface area (Å²) in [4.78, 5) is 28.9. The Bertz CT molecular complexity index is 1260. The standard InChI is InChI=1S/C26H26N4O3/c31-24-22-17-21(18-29-25(32)27-15-13-19-7-3-1-4-8-19)11-12-23(22)30-26(33-24)28-16-14-20-9-5-2-6-10-20/h1-12,17H,13-16,18H2,(H,28,30)(H2,27,29,32). The number of hydrogen-bond acceptors (Lipinski definition) is 5. The zero-order chi connectivity index (χ0) is 22.9. The Morgan fingerprint density at radius 3 is 2.15 bits per heavy atom. The molecule has 0 bridgehead atoms. The van der Waals surface area contributed by atoms with Gasteiger partial charge in [0.15, 0.2) is 0 Å². The molecule has 4 rings (SSSR count). The molecule has 0 aliphatic carbocycles. The summed E-state index contributed by atoms with van der Waals surface area (Å²) in [6.07, 6.45) is 1.56. The summed E-state index contributed by atoms with van der Waals surface area (Å²) in [6, 6.07) is 25.3. The first kappa shape index (κ1) is 22.1. The summed E-state index contributed by atoms with van der Waals surface area (Å²) >= 11 is 0. The molecule has 0 unspecified atom stereocenters. The Balaban J connectivity index is 1.29. The van der Waals surface area contributed by atoms with Crippen LogP contribution in [0.25, 0.3) is 10.9 Å². The fourth-order valence-electron chi connectivity index (χ4n) is 3.47. The number of nitrogens with one attached hydrogen (secondary N) is 3. The van der Waals surface area contributed by atoms with E-state index in [4.69, 9.17) is 4.42 Å². The number of aromatic nitrogens is 1. The molecule has 0 saturated heterocycles. The quantitative estimate of drug-likeness (QED) is 0.366. The van der Waals surface area contributed by atoms with Crippen molar-refractivity contribution in [3.8, 4) is 0 Å². The van der Waals surface area contributed by atoms with Gasteiger partial charge < -0.3 is 20.4 Å². The van der Waals surface area contributed by atoms with Gasteiger partial charge >= 0.3 is 11.7 Å². The average Bonchev–Trinajstić information content (AvgIpc) is 2.84. The number of anilines is 1. The molecule has 0 radical (unpaired) electrons. The van der Waals surface area contributed by atoms with Crippen LogP contribution in [0, 0.1) is 0 Å². The van der Waals surface area contributed by atoms with Gasteiger partial charge in [0.05, 0.1) is 10.9 Å². The van der Waals surface area contributed by atoms with E-state index in [1.807, 2.05) is 66.7 Å². The highest BCUT2D eigenvalue weighted by Crippen LogP contribution is 2.13. The Hall–Kier alpha value is -4.13. The molecular weight excluding hydrogens is 416 g/mol. The fourth-order valence-corrected chi connectivity index (χ4v) is 3.47. The van der Waals surface area contributed by atoms with Crippen LogP contribution < -0.4 is 21.6 Å². The number of nitrogens with zero attached hydrogens (tertiary/aromatic N) is 1. The van der Waals surface area contributed by atoms with E-state index in [-0.39, 0.29) is 12.0 Å². The largest absolute Gasteiger partial charge is 0.389 e. The second kappa shape index (κ2) is 10.9. The van der Waals surface area contributed by atoms with Crippen LogP contribution in [-0.2, 0) is 19.4 Å². The second-order valence-corrected chi connectivity index (χ2v) is 7.67. The number of carbonyl (C=O) groups is 1. The molecule has 168 valence electrons. The first-order chi connectivity index (χ1) is 16.2. The van der Waals surface area contributed by atoms with E-state index in [1.165, 1.54) is 11.1 Å². The summed E-state index contributed by atoms with van der Waals surface area (Å²) in [5.41, 5.74) is 3.23. The van der Waals surface area contributed by atoms with Crippen LogP contribution in [0.4, 0.5) is 10.8 Å². The molecule has 0 aliphatic rings. The molecule has 1 aromatic heterocycles. The SMILES string of the molecule is O=C(NCCc1ccccc1)NCc1ccc2nc(NCCc3ccccc3)oc(=O)c2c1. The molecule has 0 atom stereocenters. The summed E-state index contributed by atoms with van der Waals surface area (Å²) in [5.74, 6) is 0. The molecular formula is C26H26N4O3. The lowest BCUT2D eigenvalue weighted by Crippen LogP contribution is -2.36. The van der Waals surface area contributed by atoms with Crippen LogP contribution in [0.15, 0.2) is 88.1 Å². The molecule has 33 heavy (non-hydrogen) atoms.